The van der Waals surface area contributed by atoms with Gasteiger partial charge in [0.15, 0.2) is 0 Å². The van der Waals surface area contributed by atoms with E-state index in [0.29, 0.717) is 17.4 Å². The normalized spacial score (nSPS) is 25.5. The van der Waals surface area contributed by atoms with E-state index in [4.69, 9.17) is 0 Å². The van der Waals surface area contributed by atoms with E-state index in [2.05, 4.69) is 10.4 Å². The molecule has 2 saturated heterocycles. The lowest BCUT2D eigenvalue weighted by Crippen LogP contribution is -2.38. The molecule has 2 atom stereocenters. The Morgan fingerprint density at radius 1 is 1.18 bits per heavy atom. The quantitative estimate of drug-likeness (QED) is 0.911. The van der Waals surface area contributed by atoms with E-state index in [1.165, 1.54) is 0 Å². The fourth-order valence-corrected chi connectivity index (χ4v) is 5.14. The van der Waals surface area contributed by atoms with Gasteiger partial charge in [0.1, 0.15) is 0 Å². The van der Waals surface area contributed by atoms with Crippen molar-refractivity contribution in [2.75, 3.05) is 19.6 Å². The first kappa shape index (κ1) is 13.9. The fraction of sp³-hybridized carbons (Fsp3) is 0.400. The summed E-state index contributed by atoms with van der Waals surface area (Å²) in [7, 11) is -3.41. The molecule has 2 aromatic rings. The Morgan fingerprint density at radius 3 is 2.73 bits per heavy atom. The summed E-state index contributed by atoms with van der Waals surface area (Å²) in [5.41, 5.74) is 0.853. The molecule has 0 aliphatic carbocycles. The van der Waals surface area contributed by atoms with Crippen LogP contribution in [0.4, 0.5) is 0 Å². The average Bonchev–Trinajstić information content (AvgIpc) is 3.24. The minimum absolute atomic E-state index is 0.107. The lowest BCUT2D eigenvalue weighted by molar-refractivity contribution is 0.383. The number of rotatable bonds is 3. The highest BCUT2D eigenvalue weighted by Gasteiger charge is 2.43. The fourth-order valence-electron chi connectivity index (χ4n) is 3.44. The van der Waals surface area contributed by atoms with E-state index in [-0.39, 0.29) is 6.04 Å². The number of benzene rings is 1. The summed E-state index contributed by atoms with van der Waals surface area (Å²) in [6.45, 7) is 2.31. The maximum atomic E-state index is 12.9. The number of nitrogens with zero attached hydrogens (tertiary/aromatic N) is 3. The molecule has 6 nitrogen and oxygen atoms in total. The molecule has 0 bridgehead atoms. The molecule has 1 aromatic heterocycles. The average molecular weight is 318 g/mol. The molecule has 2 aliphatic heterocycles. The van der Waals surface area contributed by atoms with Crippen molar-refractivity contribution in [2.24, 2.45) is 5.92 Å². The van der Waals surface area contributed by atoms with Crippen molar-refractivity contribution in [3.8, 4) is 5.69 Å². The van der Waals surface area contributed by atoms with Gasteiger partial charge in [-0.2, -0.15) is 9.40 Å². The van der Waals surface area contributed by atoms with Crippen molar-refractivity contribution in [3.05, 3.63) is 42.7 Å². The van der Waals surface area contributed by atoms with Gasteiger partial charge in [0, 0.05) is 31.5 Å². The standard InChI is InChI=1S/C15H18N4O2S/c20-22(21,19-9-6-12-10-16-11-15(12)19)14-4-2-13(3-5-14)18-8-1-7-17-18/h1-5,7-8,12,15-16H,6,9-11H2/t12-,15+/m0/s1. The first-order valence-electron chi connectivity index (χ1n) is 7.49. The maximum Gasteiger partial charge on any atom is 0.243 e. The van der Waals surface area contributed by atoms with Gasteiger partial charge >= 0.3 is 0 Å². The minimum atomic E-state index is -3.41. The number of fused-ring (bicyclic) bond motifs is 1. The van der Waals surface area contributed by atoms with E-state index >= 15 is 0 Å². The number of aromatic nitrogens is 2. The zero-order valence-electron chi connectivity index (χ0n) is 12.1. The summed E-state index contributed by atoms with van der Waals surface area (Å²) in [4.78, 5) is 0.357. The number of sulfonamides is 1. The number of nitrogens with one attached hydrogen (secondary N) is 1. The lowest BCUT2D eigenvalue weighted by atomic mass is 10.1. The van der Waals surface area contributed by atoms with Crippen LogP contribution in [0.15, 0.2) is 47.6 Å². The second-order valence-corrected chi connectivity index (χ2v) is 7.73. The molecule has 0 saturated carbocycles. The summed E-state index contributed by atoms with van der Waals surface area (Å²) in [6, 6.07) is 8.86. The van der Waals surface area contributed by atoms with Crippen LogP contribution in [0.1, 0.15) is 6.42 Å². The molecule has 116 valence electrons. The maximum absolute atomic E-state index is 12.9. The van der Waals surface area contributed by atoms with Crippen molar-refractivity contribution < 1.29 is 8.42 Å². The molecule has 4 rings (SSSR count). The van der Waals surface area contributed by atoms with Crippen LogP contribution >= 0.6 is 0 Å². The van der Waals surface area contributed by atoms with Gasteiger partial charge in [-0.1, -0.05) is 0 Å². The van der Waals surface area contributed by atoms with Crippen LogP contribution in [0, 0.1) is 5.92 Å². The van der Waals surface area contributed by atoms with Crippen LogP contribution in [0.2, 0.25) is 0 Å². The first-order valence-corrected chi connectivity index (χ1v) is 8.93. The Balaban J connectivity index is 1.63. The summed E-state index contributed by atoms with van der Waals surface area (Å²) >= 11 is 0. The second kappa shape index (κ2) is 5.19. The van der Waals surface area contributed by atoms with Gasteiger partial charge in [-0.3, -0.25) is 0 Å². The third-order valence-electron chi connectivity index (χ3n) is 4.61. The van der Waals surface area contributed by atoms with Gasteiger partial charge in [-0.05, 0) is 49.2 Å². The van der Waals surface area contributed by atoms with Crippen molar-refractivity contribution in [2.45, 2.75) is 17.4 Å². The van der Waals surface area contributed by atoms with E-state index in [9.17, 15) is 8.42 Å². The molecule has 1 aromatic carbocycles. The van der Waals surface area contributed by atoms with Gasteiger partial charge in [0.2, 0.25) is 10.0 Å². The zero-order chi connectivity index (χ0) is 15.2. The highest BCUT2D eigenvalue weighted by Crippen LogP contribution is 2.32. The molecular weight excluding hydrogens is 300 g/mol. The Kier molecular flexibility index (Phi) is 3.28. The zero-order valence-corrected chi connectivity index (χ0v) is 12.9. The van der Waals surface area contributed by atoms with Crippen molar-refractivity contribution in [1.29, 1.82) is 0 Å². The SMILES string of the molecule is O=S(=O)(c1ccc(-n2cccn2)cc1)N1CC[C@H]2CNC[C@H]21. The first-order chi connectivity index (χ1) is 10.7. The summed E-state index contributed by atoms with van der Waals surface area (Å²) in [5, 5.41) is 7.44. The van der Waals surface area contributed by atoms with Crippen LogP contribution in [-0.4, -0.2) is 48.2 Å². The largest absolute Gasteiger partial charge is 0.315 e. The Bertz CT molecular complexity index is 755. The van der Waals surface area contributed by atoms with Crippen molar-refractivity contribution in [3.63, 3.8) is 0 Å². The van der Waals surface area contributed by atoms with Crippen LogP contribution in [-0.2, 0) is 10.0 Å². The molecule has 0 unspecified atom stereocenters. The highest BCUT2D eigenvalue weighted by molar-refractivity contribution is 7.89. The minimum Gasteiger partial charge on any atom is -0.315 e. The molecule has 2 aliphatic rings. The third kappa shape index (κ3) is 2.16. The third-order valence-corrected chi connectivity index (χ3v) is 6.55. The Labute approximate surface area is 129 Å². The number of hydrogen-bond donors (Lipinski definition) is 1. The van der Waals surface area contributed by atoms with Gasteiger partial charge in [-0.25, -0.2) is 13.1 Å². The molecule has 2 fully saturated rings. The Morgan fingerprint density at radius 2 is 2.00 bits per heavy atom. The molecule has 1 N–H and O–H groups in total. The molecule has 0 amide bonds. The van der Waals surface area contributed by atoms with E-state index in [1.54, 1.807) is 39.4 Å². The summed E-state index contributed by atoms with van der Waals surface area (Å²) in [5.74, 6) is 0.457. The molecule has 0 radical (unpaired) electrons. The van der Waals surface area contributed by atoms with Crippen LogP contribution < -0.4 is 5.32 Å². The number of hydrogen-bond acceptors (Lipinski definition) is 4. The van der Waals surface area contributed by atoms with Crippen LogP contribution in [0.3, 0.4) is 0 Å². The van der Waals surface area contributed by atoms with Gasteiger partial charge in [0.05, 0.1) is 10.6 Å². The van der Waals surface area contributed by atoms with E-state index < -0.39 is 10.0 Å². The predicted octanol–water partition coefficient (Wildman–Crippen LogP) is 0.855. The molecule has 0 spiro atoms. The summed E-state index contributed by atoms with van der Waals surface area (Å²) < 4.78 is 29.1. The Hall–Kier alpha value is -1.70. The van der Waals surface area contributed by atoms with Crippen molar-refractivity contribution >= 4 is 10.0 Å². The van der Waals surface area contributed by atoms with Crippen molar-refractivity contribution in [1.82, 2.24) is 19.4 Å². The lowest BCUT2D eigenvalue weighted by Gasteiger charge is -2.22. The highest BCUT2D eigenvalue weighted by atomic mass is 32.2. The molecule has 22 heavy (non-hydrogen) atoms. The van der Waals surface area contributed by atoms with E-state index in [1.807, 2.05) is 12.3 Å². The van der Waals surface area contributed by atoms with Gasteiger partial charge < -0.3 is 5.32 Å². The van der Waals surface area contributed by atoms with Crippen LogP contribution in [0.25, 0.3) is 5.69 Å². The second-order valence-electron chi connectivity index (χ2n) is 5.83. The smallest absolute Gasteiger partial charge is 0.243 e. The summed E-state index contributed by atoms with van der Waals surface area (Å²) in [6.07, 6.45) is 4.48. The predicted molar refractivity (Wildman–Crippen MR) is 82.2 cm³/mol. The monoisotopic (exact) mass is 318 g/mol. The molecule has 3 heterocycles. The molecule has 7 heteroatoms. The molecular formula is C15H18N4O2S. The topological polar surface area (TPSA) is 67.2 Å². The van der Waals surface area contributed by atoms with Gasteiger partial charge in [0.25, 0.3) is 0 Å². The van der Waals surface area contributed by atoms with E-state index in [0.717, 1.165) is 25.2 Å². The van der Waals surface area contributed by atoms with Crippen LogP contribution in [0.5, 0.6) is 0 Å². The van der Waals surface area contributed by atoms with Gasteiger partial charge in [-0.15, -0.1) is 0 Å².